The summed E-state index contributed by atoms with van der Waals surface area (Å²) in [6.45, 7) is 1.64. The van der Waals surface area contributed by atoms with Gasteiger partial charge in [0.05, 0.1) is 13.7 Å². The zero-order valence-corrected chi connectivity index (χ0v) is 8.04. The van der Waals surface area contributed by atoms with Crippen molar-refractivity contribution in [3.63, 3.8) is 0 Å². The molecule has 0 aromatic rings. The third-order valence-corrected chi connectivity index (χ3v) is 3.22. The molecule has 1 fully saturated rings. The quantitative estimate of drug-likeness (QED) is 0.451. The number of hydrogen-bond acceptors (Lipinski definition) is 6. The summed E-state index contributed by atoms with van der Waals surface area (Å²) in [5, 5.41) is 0. The van der Waals surface area contributed by atoms with E-state index in [-0.39, 0.29) is 12.5 Å². The molecule has 0 bridgehead atoms. The molecule has 1 aliphatic rings. The van der Waals surface area contributed by atoms with Crippen LogP contribution in [0.5, 0.6) is 0 Å². The van der Waals surface area contributed by atoms with Gasteiger partial charge in [-0.1, -0.05) is 6.92 Å². The second-order valence-corrected chi connectivity index (χ2v) is 4.38. The van der Waals surface area contributed by atoms with Gasteiger partial charge >= 0.3 is 16.3 Å². The van der Waals surface area contributed by atoms with Crippen LogP contribution in [0, 0.1) is 5.92 Å². The predicted molar refractivity (Wildman–Crippen MR) is 41.3 cm³/mol. The summed E-state index contributed by atoms with van der Waals surface area (Å²) >= 11 is 0. The van der Waals surface area contributed by atoms with Crippen LogP contribution in [-0.2, 0) is 23.8 Å². The number of methoxy groups -OCH3 is 1. The highest BCUT2D eigenvalue weighted by Gasteiger charge is 2.42. The Balaban J connectivity index is 2.72. The van der Waals surface area contributed by atoms with Crippen molar-refractivity contribution in [2.24, 2.45) is 5.92 Å². The van der Waals surface area contributed by atoms with Crippen molar-refractivity contribution in [3.8, 4) is 0 Å². The Morgan fingerprint density at radius 3 is 2.54 bits per heavy atom. The molecule has 0 saturated carbocycles. The van der Waals surface area contributed by atoms with Gasteiger partial charge in [0, 0.05) is 5.92 Å². The van der Waals surface area contributed by atoms with Crippen molar-refractivity contribution in [1.29, 1.82) is 0 Å². The minimum absolute atomic E-state index is 0.0317. The van der Waals surface area contributed by atoms with E-state index >= 15 is 0 Å². The highest BCUT2D eigenvalue weighted by Crippen LogP contribution is 2.24. The predicted octanol–water partition coefficient (Wildman–Crippen LogP) is 0.0916. The zero-order chi connectivity index (χ0) is 10.1. The first kappa shape index (κ1) is 10.3. The number of rotatable bonds is 1. The van der Waals surface area contributed by atoms with Gasteiger partial charge in [-0.3, -0.25) is 4.18 Å². The molecule has 13 heavy (non-hydrogen) atoms. The van der Waals surface area contributed by atoms with Gasteiger partial charge in [0.25, 0.3) is 0 Å². The Bertz CT molecular complexity index is 294. The molecule has 0 amide bonds. The minimum atomic E-state index is -3.76. The molecular weight excluding hydrogens is 200 g/mol. The van der Waals surface area contributed by atoms with E-state index in [0.29, 0.717) is 0 Å². The number of ether oxygens (including phenoxy) is 2. The fourth-order valence-corrected chi connectivity index (χ4v) is 2.33. The molecule has 1 aliphatic heterocycles. The summed E-state index contributed by atoms with van der Waals surface area (Å²) in [6.07, 6.45) is -1.02. The van der Waals surface area contributed by atoms with Crippen molar-refractivity contribution in [1.82, 2.24) is 0 Å². The van der Waals surface area contributed by atoms with Crippen LogP contribution in [0.1, 0.15) is 6.92 Å². The van der Waals surface area contributed by atoms with Crippen molar-refractivity contribution >= 4 is 16.3 Å². The lowest BCUT2D eigenvalue weighted by atomic mass is 10.2. The minimum Gasteiger partial charge on any atom is -0.438 e. The molecule has 7 heteroatoms. The fraction of sp³-hybridized carbons (Fsp3) is 0.833. The first-order valence-corrected chi connectivity index (χ1v) is 5.07. The van der Waals surface area contributed by atoms with Gasteiger partial charge in [-0.15, -0.1) is 0 Å². The maximum atomic E-state index is 11.1. The molecule has 1 saturated heterocycles. The van der Waals surface area contributed by atoms with Crippen LogP contribution in [0.3, 0.4) is 0 Å². The molecule has 6 nitrogen and oxygen atoms in total. The third-order valence-electron chi connectivity index (χ3n) is 1.62. The van der Waals surface area contributed by atoms with E-state index in [2.05, 4.69) is 13.7 Å². The van der Waals surface area contributed by atoms with E-state index in [1.807, 2.05) is 0 Å². The van der Waals surface area contributed by atoms with Crippen LogP contribution in [0.4, 0.5) is 4.79 Å². The summed E-state index contributed by atoms with van der Waals surface area (Å²) in [6, 6.07) is 0. The molecule has 0 radical (unpaired) electrons. The normalized spacial score (nSPS) is 31.2. The van der Waals surface area contributed by atoms with E-state index in [0.717, 1.165) is 7.11 Å². The molecule has 1 heterocycles. The monoisotopic (exact) mass is 210 g/mol. The van der Waals surface area contributed by atoms with Gasteiger partial charge in [-0.25, -0.2) is 4.79 Å². The molecule has 1 rings (SSSR count). The molecule has 0 N–H and O–H groups in total. The van der Waals surface area contributed by atoms with Crippen molar-refractivity contribution in [3.05, 3.63) is 0 Å². The molecular formula is C6H10O6S. The van der Waals surface area contributed by atoms with E-state index in [1.54, 1.807) is 6.92 Å². The second kappa shape index (κ2) is 3.51. The van der Waals surface area contributed by atoms with Gasteiger partial charge in [-0.05, 0) is 0 Å². The molecule has 0 aliphatic carbocycles. The summed E-state index contributed by atoms with van der Waals surface area (Å²) in [5.74, 6) is -0.371. The van der Waals surface area contributed by atoms with E-state index in [4.69, 9.17) is 0 Å². The third kappa shape index (κ3) is 2.10. The van der Waals surface area contributed by atoms with Crippen LogP contribution < -0.4 is 0 Å². The summed E-state index contributed by atoms with van der Waals surface area (Å²) < 4.78 is 35.3. The summed E-state index contributed by atoms with van der Waals surface area (Å²) in [4.78, 5) is 10.6. The smallest absolute Gasteiger partial charge is 0.438 e. The van der Waals surface area contributed by atoms with Gasteiger partial charge in [0.15, 0.2) is 0 Å². The molecule has 2 atom stereocenters. The van der Waals surface area contributed by atoms with E-state index in [9.17, 15) is 13.2 Å². The fourth-order valence-electron chi connectivity index (χ4n) is 0.950. The van der Waals surface area contributed by atoms with Crippen molar-refractivity contribution < 1.29 is 26.9 Å². The largest absolute Gasteiger partial charge is 0.509 e. The van der Waals surface area contributed by atoms with Gasteiger partial charge in [0.1, 0.15) is 0 Å². The molecule has 0 spiro atoms. The average Bonchev–Trinajstić information content (AvgIpc) is 2.31. The molecule has 0 aromatic carbocycles. The van der Waals surface area contributed by atoms with Crippen LogP contribution in [0.25, 0.3) is 0 Å². The topological polar surface area (TPSA) is 78.9 Å². The zero-order valence-electron chi connectivity index (χ0n) is 7.22. The highest BCUT2D eigenvalue weighted by molar-refractivity contribution is 7.87. The lowest BCUT2D eigenvalue weighted by Crippen LogP contribution is -2.27. The van der Waals surface area contributed by atoms with E-state index < -0.39 is 21.7 Å². The second-order valence-electron chi connectivity index (χ2n) is 2.69. The van der Waals surface area contributed by atoms with E-state index in [1.165, 1.54) is 0 Å². The number of carbonyl (C=O) groups is 1. The first-order valence-electron chi connectivity index (χ1n) is 3.60. The van der Waals surface area contributed by atoms with Gasteiger partial charge in [-0.2, -0.15) is 8.42 Å². The standard InChI is InChI=1S/C6H10O6S/c1-4-3-11-13(8,9)5(4)12-6(7)10-2/h4-5H,3H2,1-2H3. The van der Waals surface area contributed by atoms with Crippen molar-refractivity contribution in [2.45, 2.75) is 12.4 Å². The molecule has 0 aromatic heterocycles. The van der Waals surface area contributed by atoms with Crippen LogP contribution in [-0.4, -0.2) is 33.7 Å². The Kier molecular flexibility index (Phi) is 2.77. The van der Waals surface area contributed by atoms with Crippen molar-refractivity contribution in [2.75, 3.05) is 13.7 Å². The average molecular weight is 210 g/mol. The molecule has 76 valence electrons. The maximum absolute atomic E-state index is 11.1. The van der Waals surface area contributed by atoms with Crippen LogP contribution in [0.15, 0.2) is 0 Å². The first-order chi connectivity index (χ1) is 5.97. The lowest BCUT2D eigenvalue weighted by Gasteiger charge is -2.11. The highest BCUT2D eigenvalue weighted by atomic mass is 32.2. The Hall–Kier alpha value is -0.820. The SMILES string of the molecule is COC(=O)OC1C(C)COS1(=O)=O. The number of hydrogen-bond donors (Lipinski definition) is 0. The summed E-state index contributed by atoms with van der Waals surface area (Å²) in [7, 11) is -2.66. The number of carbonyl (C=O) groups excluding carboxylic acids is 1. The van der Waals surface area contributed by atoms with Crippen LogP contribution in [0.2, 0.25) is 0 Å². The molecule has 2 unspecified atom stereocenters. The maximum Gasteiger partial charge on any atom is 0.509 e. The summed E-state index contributed by atoms with van der Waals surface area (Å²) in [5.41, 5.74) is -1.25. The lowest BCUT2D eigenvalue weighted by molar-refractivity contribution is 0.0505. The Labute approximate surface area is 75.9 Å². The Morgan fingerprint density at radius 2 is 2.15 bits per heavy atom. The Morgan fingerprint density at radius 1 is 1.54 bits per heavy atom. The van der Waals surface area contributed by atoms with Crippen LogP contribution >= 0.6 is 0 Å². The van der Waals surface area contributed by atoms with Gasteiger partial charge in [0.2, 0.25) is 5.44 Å². The van der Waals surface area contributed by atoms with Gasteiger partial charge < -0.3 is 9.47 Å².